The second-order valence-corrected chi connectivity index (χ2v) is 7.29. The van der Waals surface area contributed by atoms with E-state index in [9.17, 15) is 0 Å². The average molecular weight is 458 g/mol. The number of hydrogen-bond acceptors (Lipinski definition) is 2. The van der Waals surface area contributed by atoms with Crippen LogP contribution < -0.4 is 10.6 Å². The maximum atomic E-state index is 4.66. The van der Waals surface area contributed by atoms with Crippen molar-refractivity contribution in [3.05, 3.63) is 35.4 Å². The van der Waals surface area contributed by atoms with E-state index in [1.807, 2.05) is 0 Å². The molecule has 0 aliphatic carbocycles. The van der Waals surface area contributed by atoms with E-state index >= 15 is 0 Å². The smallest absolute Gasteiger partial charge is 0.191 e. The Kier molecular flexibility index (Phi) is 10.4. The zero-order chi connectivity index (χ0) is 17.4. The Morgan fingerprint density at radius 3 is 2.52 bits per heavy atom. The van der Waals surface area contributed by atoms with Gasteiger partial charge in [0, 0.05) is 25.7 Å². The zero-order valence-electron chi connectivity index (χ0n) is 16.2. The Hall–Kier alpha value is -0.820. The van der Waals surface area contributed by atoms with Gasteiger partial charge in [-0.3, -0.25) is 4.90 Å². The van der Waals surface area contributed by atoms with Crippen LogP contribution in [0.5, 0.6) is 0 Å². The molecule has 1 aromatic carbocycles. The van der Waals surface area contributed by atoms with Crippen molar-refractivity contribution in [1.82, 2.24) is 15.5 Å². The van der Waals surface area contributed by atoms with Crippen molar-refractivity contribution in [2.75, 3.05) is 19.6 Å². The first-order valence-electron chi connectivity index (χ1n) is 9.41. The minimum atomic E-state index is 0. The number of guanidine groups is 1. The summed E-state index contributed by atoms with van der Waals surface area (Å²) in [6.07, 6.45) is 2.72. The summed E-state index contributed by atoms with van der Waals surface area (Å²) in [5.41, 5.74) is 2.66. The van der Waals surface area contributed by atoms with Crippen molar-refractivity contribution >= 4 is 29.9 Å². The standard InChI is InChI=1S/C20H34N4.HI/c1-5-21-20(23-16(2)3)22-13-18-8-10-19(11-9-18)15-24-12-6-7-17(4)14-24;/h8-11,16-17H,5-7,12-15H2,1-4H3,(H2,21,22,23);1H. The van der Waals surface area contributed by atoms with Crippen LogP contribution in [0, 0.1) is 5.92 Å². The molecule has 0 saturated carbocycles. The highest BCUT2D eigenvalue weighted by molar-refractivity contribution is 14.0. The van der Waals surface area contributed by atoms with E-state index in [1.54, 1.807) is 0 Å². The highest BCUT2D eigenvalue weighted by Crippen LogP contribution is 2.18. The lowest BCUT2D eigenvalue weighted by Crippen LogP contribution is -2.40. The lowest BCUT2D eigenvalue weighted by atomic mass is 9.99. The number of piperidine rings is 1. The maximum absolute atomic E-state index is 4.66. The summed E-state index contributed by atoms with van der Waals surface area (Å²) in [4.78, 5) is 7.24. The number of halogens is 1. The molecule has 1 aromatic rings. The van der Waals surface area contributed by atoms with Gasteiger partial charge in [0.1, 0.15) is 0 Å². The molecule has 2 N–H and O–H groups in total. The molecule has 1 atom stereocenters. The molecular weight excluding hydrogens is 423 g/mol. The van der Waals surface area contributed by atoms with Gasteiger partial charge in [-0.1, -0.05) is 31.2 Å². The summed E-state index contributed by atoms with van der Waals surface area (Å²) in [5, 5.41) is 6.64. The first-order chi connectivity index (χ1) is 11.6. The summed E-state index contributed by atoms with van der Waals surface area (Å²) < 4.78 is 0. The van der Waals surface area contributed by atoms with Crippen LogP contribution in [0.2, 0.25) is 0 Å². The third-order valence-corrected chi connectivity index (χ3v) is 4.36. The molecular formula is C20H35IN4. The number of aliphatic imine (C=N–C) groups is 1. The van der Waals surface area contributed by atoms with E-state index in [0.29, 0.717) is 12.6 Å². The van der Waals surface area contributed by atoms with Crippen LogP contribution in [-0.2, 0) is 13.1 Å². The Morgan fingerprint density at radius 2 is 1.92 bits per heavy atom. The van der Waals surface area contributed by atoms with Crippen LogP contribution in [0.1, 0.15) is 51.7 Å². The molecule has 1 aliphatic rings. The molecule has 1 saturated heterocycles. The quantitative estimate of drug-likeness (QED) is 0.385. The summed E-state index contributed by atoms with van der Waals surface area (Å²) in [7, 11) is 0. The topological polar surface area (TPSA) is 39.7 Å². The molecule has 2 rings (SSSR count). The molecule has 5 heteroatoms. The van der Waals surface area contributed by atoms with Crippen molar-refractivity contribution in [2.24, 2.45) is 10.9 Å². The van der Waals surface area contributed by atoms with Gasteiger partial charge in [0.15, 0.2) is 5.96 Å². The number of benzene rings is 1. The van der Waals surface area contributed by atoms with Gasteiger partial charge in [-0.2, -0.15) is 0 Å². The summed E-state index contributed by atoms with van der Waals surface area (Å²) in [6.45, 7) is 13.9. The second-order valence-electron chi connectivity index (χ2n) is 7.29. The first-order valence-corrected chi connectivity index (χ1v) is 9.41. The van der Waals surface area contributed by atoms with E-state index in [0.717, 1.165) is 25.0 Å². The van der Waals surface area contributed by atoms with E-state index in [1.165, 1.54) is 37.1 Å². The highest BCUT2D eigenvalue weighted by atomic mass is 127. The summed E-state index contributed by atoms with van der Waals surface area (Å²) in [6, 6.07) is 9.33. The number of nitrogens with zero attached hydrogens (tertiary/aromatic N) is 2. The van der Waals surface area contributed by atoms with Crippen molar-refractivity contribution < 1.29 is 0 Å². The fourth-order valence-electron chi connectivity index (χ4n) is 3.20. The van der Waals surface area contributed by atoms with E-state index < -0.39 is 0 Å². The minimum absolute atomic E-state index is 0. The molecule has 142 valence electrons. The lowest BCUT2D eigenvalue weighted by molar-refractivity contribution is 0.176. The van der Waals surface area contributed by atoms with Gasteiger partial charge in [-0.15, -0.1) is 24.0 Å². The van der Waals surface area contributed by atoms with Crippen LogP contribution >= 0.6 is 24.0 Å². The number of nitrogens with one attached hydrogen (secondary N) is 2. The minimum Gasteiger partial charge on any atom is -0.357 e. The normalized spacial score (nSPS) is 18.8. The van der Waals surface area contributed by atoms with Crippen LogP contribution in [0.25, 0.3) is 0 Å². The fraction of sp³-hybridized carbons (Fsp3) is 0.650. The number of likely N-dealkylation sites (tertiary alicyclic amines) is 1. The van der Waals surface area contributed by atoms with E-state index in [4.69, 9.17) is 0 Å². The predicted octanol–water partition coefficient (Wildman–Crippen LogP) is 4.00. The third kappa shape index (κ3) is 8.40. The fourth-order valence-corrected chi connectivity index (χ4v) is 3.20. The van der Waals surface area contributed by atoms with Crippen molar-refractivity contribution in [3.8, 4) is 0 Å². The Labute approximate surface area is 170 Å². The lowest BCUT2D eigenvalue weighted by Gasteiger charge is -2.30. The van der Waals surface area contributed by atoms with Gasteiger partial charge in [0.25, 0.3) is 0 Å². The number of hydrogen-bond donors (Lipinski definition) is 2. The van der Waals surface area contributed by atoms with Crippen LogP contribution in [0.3, 0.4) is 0 Å². The molecule has 0 spiro atoms. The van der Waals surface area contributed by atoms with Gasteiger partial charge in [-0.05, 0) is 57.2 Å². The van der Waals surface area contributed by atoms with Gasteiger partial charge in [-0.25, -0.2) is 4.99 Å². The molecule has 1 unspecified atom stereocenters. The highest BCUT2D eigenvalue weighted by Gasteiger charge is 2.15. The van der Waals surface area contributed by atoms with E-state index in [2.05, 4.69) is 72.5 Å². The Balaban J connectivity index is 0.00000312. The van der Waals surface area contributed by atoms with Crippen LogP contribution in [0.4, 0.5) is 0 Å². The Bertz CT molecular complexity index is 513. The summed E-state index contributed by atoms with van der Waals surface area (Å²) in [5.74, 6) is 1.73. The molecule has 0 amide bonds. The van der Waals surface area contributed by atoms with Gasteiger partial charge in [0.2, 0.25) is 0 Å². The number of rotatable bonds is 6. The van der Waals surface area contributed by atoms with Gasteiger partial charge >= 0.3 is 0 Å². The third-order valence-electron chi connectivity index (χ3n) is 4.36. The van der Waals surface area contributed by atoms with Gasteiger partial charge < -0.3 is 10.6 Å². The monoisotopic (exact) mass is 458 g/mol. The average Bonchev–Trinajstić information content (AvgIpc) is 2.54. The second kappa shape index (κ2) is 11.7. The molecule has 0 bridgehead atoms. The van der Waals surface area contributed by atoms with Crippen LogP contribution in [0.15, 0.2) is 29.3 Å². The van der Waals surface area contributed by atoms with Crippen molar-refractivity contribution in [1.29, 1.82) is 0 Å². The molecule has 1 fully saturated rings. The molecule has 4 nitrogen and oxygen atoms in total. The molecule has 1 heterocycles. The molecule has 0 aromatic heterocycles. The SMILES string of the molecule is CCNC(=NCc1ccc(CN2CCCC(C)C2)cc1)NC(C)C.I. The molecule has 1 aliphatic heterocycles. The molecule has 25 heavy (non-hydrogen) atoms. The van der Waals surface area contributed by atoms with Gasteiger partial charge in [0.05, 0.1) is 6.54 Å². The van der Waals surface area contributed by atoms with E-state index in [-0.39, 0.29) is 24.0 Å². The predicted molar refractivity (Wildman–Crippen MR) is 119 cm³/mol. The van der Waals surface area contributed by atoms with Crippen molar-refractivity contribution in [2.45, 2.75) is 59.7 Å². The largest absolute Gasteiger partial charge is 0.357 e. The summed E-state index contributed by atoms with van der Waals surface area (Å²) >= 11 is 0. The first kappa shape index (κ1) is 22.2. The molecule has 0 radical (unpaired) electrons. The zero-order valence-corrected chi connectivity index (χ0v) is 18.5. The van der Waals surface area contributed by atoms with Crippen molar-refractivity contribution in [3.63, 3.8) is 0 Å². The maximum Gasteiger partial charge on any atom is 0.191 e. The Morgan fingerprint density at radius 1 is 1.24 bits per heavy atom. The van der Waals surface area contributed by atoms with Crippen LogP contribution in [-0.4, -0.2) is 36.5 Å².